The van der Waals surface area contributed by atoms with E-state index in [0.717, 1.165) is 16.5 Å². The van der Waals surface area contributed by atoms with Crippen LogP contribution < -0.4 is 4.74 Å². The van der Waals surface area contributed by atoms with E-state index in [1.54, 1.807) is 6.08 Å². The first-order chi connectivity index (χ1) is 11.3. The summed E-state index contributed by atoms with van der Waals surface area (Å²) >= 11 is 1.51. The van der Waals surface area contributed by atoms with Crippen molar-refractivity contribution in [2.24, 2.45) is 17.8 Å². The van der Waals surface area contributed by atoms with Gasteiger partial charge in [-0.25, -0.2) is 0 Å². The Balaban J connectivity index is 1.48. The van der Waals surface area contributed by atoms with Crippen LogP contribution in [0.5, 0.6) is 5.19 Å². The van der Waals surface area contributed by atoms with E-state index in [1.165, 1.54) is 43.8 Å². The highest BCUT2D eigenvalue weighted by Crippen LogP contribution is 2.45. The molecule has 1 aromatic heterocycles. The van der Waals surface area contributed by atoms with E-state index in [1.807, 2.05) is 19.1 Å². The second kappa shape index (κ2) is 6.10. The molecule has 4 nitrogen and oxygen atoms in total. The van der Waals surface area contributed by atoms with Crippen molar-refractivity contribution in [3.63, 3.8) is 0 Å². The summed E-state index contributed by atoms with van der Waals surface area (Å²) < 4.78 is 6.30. The van der Waals surface area contributed by atoms with Crippen molar-refractivity contribution in [1.82, 2.24) is 15.1 Å². The molecule has 1 aliphatic carbocycles. The summed E-state index contributed by atoms with van der Waals surface area (Å²) in [4.78, 5) is 2.61. The SMILES string of the molecule is C#C/C=C\C(=C/C)c1nnc(OC2C3CC4CC2CN(C4)C3)s1. The summed E-state index contributed by atoms with van der Waals surface area (Å²) in [5.74, 6) is 4.72. The third-order valence-electron chi connectivity index (χ3n) is 5.26. The Morgan fingerprint density at radius 3 is 2.74 bits per heavy atom. The fourth-order valence-electron chi connectivity index (χ4n) is 4.48. The normalized spacial score (nSPS) is 35.7. The standard InChI is InChI=1S/C18H21N3OS/c1-3-5-6-13(4-2)17-19-20-18(23-17)22-16-14-7-12-8-15(16)11-21(9-12)10-14/h1,4-6,12,14-16H,7-11H2,2H3/b6-5-,13-4+. The van der Waals surface area contributed by atoms with Crippen LogP contribution in [0.4, 0.5) is 0 Å². The topological polar surface area (TPSA) is 38.3 Å². The molecule has 0 aromatic carbocycles. The molecule has 4 fully saturated rings. The van der Waals surface area contributed by atoms with Crippen molar-refractivity contribution in [1.29, 1.82) is 0 Å². The van der Waals surface area contributed by atoms with Crippen LogP contribution in [-0.4, -0.2) is 40.8 Å². The van der Waals surface area contributed by atoms with Gasteiger partial charge in [0.05, 0.1) is 0 Å². The average molecular weight is 327 g/mol. The Morgan fingerprint density at radius 1 is 1.30 bits per heavy atom. The number of allylic oxidation sites excluding steroid dienone is 4. The highest BCUT2D eigenvalue weighted by atomic mass is 32.1. The van der Waals surface area contributed by atoms with Crippen LogP contribution in [0.3, 0.4) is 0 Å². The molecular weight excluding hydrogens is 306 g/mol. The second-order valence-corrected chi connectivity index (χ2v) is 7.72. The molecule has 0 spiro atoms. The van der Waals surface area contributed by atoms with Crippen molar-refractivity contribution in [3.05, 3.63) is 23.2 Å². The number of ether oxygens (including phenoxy) is 1. The quantitative estimate of drug-likeness (QED) is 0.630. The van der Waals surface area contributed by atoms with Gasteiger partial charge in [-0.15, -0.1) is 11.5 Å². The predicted molar refractivity (Wildman–Crippen MR) is 92.1 cm³/mol. The first-order valence-corrected chi connectivity index (χ1v) is 9.10. The number of aromatic nitrogens is 2. The lowest BCUT2D eigenvalue weighted by Gasteiger charge is -2.54. The van der Waals surface area contributed by atoms with Crippen LogP contribution in [0.15, 0.2) is 18.2 Å². The van der Waals surface area contributed by atoms with Crippen LogP contribution in [-0.2, 0) is 0 Å². The minimum Gasteiger partial charge on any atom is -0.465 e. The molecule has 23 heavy (non-hydrogen) atoms. The molecule has 4 aliphatic rings. The van der Waals surface area contributed by atoms with Gasteiger partial charge < -0.3 is 9.64 Å². The summed E-state index contributed by atoms with van der Waals surface area (Å²) in [6.07, 6.45) is 13.8. The maximum Gasteiger partial charge on any atom is 0.294 e. The van der Waals surface area contributed by atoms with Gasteiger partial charge in [0.1, 0.15) is 6.10 Å². The van der Waals surface area contributed by atoms with Gasteiger partial charge in [-0.05, 0) is 37.8 Å². The first kappa shape index (κ1) is 14.9. The minimum absolute atomic E-state index is 0.318. The molecule has 5 rings (SSSR count). The van der Waals surface area contributed by atoms with Crippen LogP contribution in [0.25, 0.3) is 5.57 Å². The molecule has 3 saturated heterocycles. The zero-order chi connectivity index (χ0) is 15.8. The molecule has 4 heterocycles. The zero-order valence-electron chi connectivity index (χ0n) is 13.3. The van der Waals surface area contributed by atoms with Crippen molar-refractivity contribution in [3.8, 4) is 17.5 Å². The number of rotatable bonds is 4. The summed E-state index contributed by atoms with van der Waals surface area (Å²) in [7, 11) is 0. The Labute approximate surface area is 141 Å². The number of hydrogen-bond donors (Lipinski definition) is 0. The fraction of sp³-hybridized carbons (Fsp3) is 0.556. The van der Waals surface area contributed by atoms with Crippen LogP contribution in [0, 0.1) is 30.1 Å². The molecule has 1 aromatic rings. The lowest BCUT2D eigenvalue weighted by molar-refractivity contribution is -0.0986. The third kappa shape index (κ3) is 2.82. The molecular formula is C18H21N3OS. The van der Waals surface area contributed by atoms with E-state index >= 15 is 0 Å². The van der Waals surface area contributed by atoms with Crippen molar-refractivity contribution >= 4 is 16.9 Å². The molecule has 2 atom stereocenters. The Morgan fingerprint density at radius 2 is 2.09 bits per heavy atom. The van der Waals surface area contributed by atoms with E-state index in [9.17, 15) is 0 Å². The fourth-order valence-corrected chi connectivity index (χ4v) is 5.27. The molecule has 3 aliphatic heterocycles. The summed E-state index contributed by atoms with van der Waals surface area (Å²) in [6.45, 7) is 5.65. The van der Waals surface area contributed by atoms with Gasteiger partial charge in [0.15, 0.2) is 5.01 Å². The van der Waals surface area contributed by atoms with Gasteiger partial charge in [-0.1, -0.05) is 28.4 Å². The van der Waals surface area contributed by atoms with Crippen molar-refractivity contribution < 1.29 is 4.74 Å². The molecule has 0 N–H and O–H groups in total. The molecule has 5 heteroatoms. The minimum atomic E-state index is 0.318. The van der Waals surface area contributed by atoms with E-state index in [0.29, 0.717) is 23.1 Å². The van der Waals surface area contributed by atoms with Crippen molar-refractivity contribution in [2.45, 2.75) is 25.9 Å². The van der Waals surface area contributed by atoms with Crippen LogP contribution >= 0.6 is 11.3 Å². The van der Waals surface area contributed by atoms with E-state index in [4.69, 9.17) is 11.2 Å². The summed E-state index contributed by atoms with van der Waals surface area (Å²) in [6, 6.07) is 0. The molecule has 2 unspecified atom stereocenters. The number of hydrogen-bond acceptors (Lipinski definition) is 5. The predicted octanol–water partition coefficient (Wildman–Crippen LogP) is 2.85. The molecule has 120 valence electrons. The highest BCUT2D eigenvalue weighted by Gasteiger charge is 2.49. The maximum absolute atomic E-state index is 6.30. The summed E-state index contributed by atoms with van der Waals surface area (Å²) in [5, 5.41) is 10.1. The highest BCUT2D eigenvalue weighted by molar-refractivity contribution is 7.14. The summed E-state index contributed by atoms with van der Waals surface area (Å²) in [5.41, 5.74) is 0.992. The van der Waals surface area contributed by atoms with Gasteiger partial charge >= 0.3 is 0 Å². The largest absolute Gasteiger partial charge is 0.465 e. The maximum atomic E-state index is 6.30. The number of terminal acetylenes is 1. The Kier molecular flexibility index (Phi) is 3.96. The third-order valence-corrected chi connectivity index (χ3v) is 6.13. The van der Waals surface area contributed by atoms with E-state index in [-0.39, 0.29) is 0 Å². The van der Waals surface area contributed by atoms with Crippen LogP contribution in [0.1, 0.15) is 24.8 Å². The van der Waals surface area contributed by atoms with E-state index < -0.39 is 0 Å². The van der Waals surface area contributed by atoms with Gasteiger partial charge in [0.25, 0.3) is 5.19 Å². The Hall–Kier alpha value is -1.64. The Bertz CT molecular complexity index is 657. The molecule has 0 amide bonds. The first-order valence-electron chi connectivity index (χ1n) is 8.28. The lowest BCUT2D eigenvalue weighted by Crippen LogP contribution is -2.61. The smallest absolute Gasteiger partial charge is 0.294 e. The van der Waals surface area contributed by atoms with Gasteiger partial charge in [0.2, 0.25) is 0 Å². The molecule has 0 radical (unpaired) electrons. The second-order valence-electron chi connectivity index (χ2n) is 6.78. The van der Waals surface area contributed by atoms with Gasteiger partial charge in [-0.2, -0.15) is 0 Å². The number of nitrogens with zero attached hydrogens (tertiary/aromatic N) is 3. The van der Waals surface area contributed by atoms with Crippen molar-refractivity contribution in [2.75, 3.05) is 19.6 Å². The monoisotopic (exact) mass is 327 g/mol. The van der Waals surface area contributed by atoms with Gasteiger partial charge in [-0.3, -0.25) is 0 Å². The molecule has 4 bridgehead atoms. The van der Waals surface area contributed by atoms with E-state index in [2.05, 4.69) is 21.0 Å². The molecule has 1 saturated carbocycles. The lowest BCUT2D eigenvalue weighted by atomic mass is 9.66. The average Bonchev–Trinajstić information content (AvgIpc) is 2.99. The zero-order valence-corrected chi connectivity index (χ0v) is 14.1. The van der Waals surface area contributed by atoms with Gasteiger partial charge in [0, 0.05) is 37.0 Å². The number of piperidine rings is 3. The van der Waals surface area contributed by atoms with Crippen LogP contribution in [0.2, 0.25) is 0 Å².